The molecule has 1 aliphatic heterocycles. The molecule has 0 aromatic heterocycles. The zero-order valence-electron chi connectivity index (χ0n) is 11.8. The van der Waals surface area contributed by atoms with Crippen molar-refractivity contribution < 1.29 is 19.8 Å². The molecule has 114 valence electrons. The van der Waals surface area contributed by atoms with E-state index in [1.54, 1.807) is 0 Å². The largest absolute Gasteiger partial charge is 0.480 e. The minimum atomic E-state index is -1.07. The number of aliphatic carboxylic acids is 1. The summed E-state index contributed by atoms with van der Waals surface area (Å²) in [5.74, 6) is -1.33. The first-order valence-electron chi connectivity index (χ1n) is 6.84. The number of carboxylic acid groups (broad SMARTS) is 1. The van der Waals surface area contributed by atoms with Gasteiger partial charge in [-0.25, -0.2) is 4.79 Å². The fraction of sp³-hybridized carbons (Fsp3) is 0.467. The Kier molecular flexibility index (Phi) is 4.85. The highest BCUT2D eigenvalue weighted by atomic mass is 35.5. The van der Waals surface area contributed by atoms with E-state index < -0.39 is 18.1 Å². The molecule has 0 saturated carbocycles. The quantitative estimate of drug-likeness (QED) is 0.886. The standard InChI is InChI=1S/C15H18ClNO4/c1-9-2-3-10(6-12(9)16)4-5-14(19)17-8-11(18)7-13(17)15(20)21/h2-3,6,11,13,18H,4-5,7-8H2,1H3,(H,20,21)/t11-,13-/m0/s1. The van der Waals surface area contributed by atoms with E-state index in [-0.39, 0.29) is 25.3 Å². The van der Waals surface area contributed by atoms with Crippen molar-refractivity contribution in [2.75, 3.05) is 6.54 Å². The topological polar surface area (TPSA) is 77.8 Å². The van der Waals surface area contributed by atoms with Gasteiger partial charge in [-0.1, -0.05) is 23.7 Å². The average molecular weight is 312 g/mol. The van der Waals surface area contributed by atoms with Gasteiger partial charge < -0.3 is 15.1 Å². The summed E-state index contributed by atoms with van der Waals surface area (Å²) in [5.41, 5.74) is 1.91. The van der Waals surface area contributed by atoms with Crippen molar-refractivity contribution >= 4 is 23.5 Å². The molecular formula is C15H18ClNO4. The van der Waals surface area contributed by atoms with Crippen LogP contribution in [0.1, 0.15) is 24.0 Å². The number of rotatable bonds is 4. The van der Waals surface area contributed by atoms with Gasteiger partial charge in [-0.3, -0.25) is 4.79 Å². The lowest BCUT2D eigenvalue weighted by Gasteiger charge is -2.21. The second-order valence-electron chi connectivity index (χ2n) is 5.37. The van der Waals surface area contributed by atoms with Crippen LogP contribution in [0.3, 0.4) is 0 Å². The fourth-order valence-electron chi connectivity index (χ4n) is 2.51. The Balaban J connectivity index is 1.97. The van der Waals surface area contributed by atoms with Crippen LogP contribution in [-0.4, -0.2) is 45.7 Å². The van der Waals surface area contributed by atoms with Crippen molar-refractivity contribution in [3.63, 3.8) is 0 Å². The van der Waals surface area contributed by atoms with E-state index in [1.165, 1.54) is 4.90 Å². The smallest absolute Gasteiger partial charge is 0.326 e. The zero-order chi connectivity index (χ0) is 15.6. The van der Waals surface area contributed by atoms with E-state index >= 15 is 0 Å². The number of carbonyl (C=O) groups is 2. The number of hydrogen-bond donors (Lipinski definition) is 2. The third-order valence-corrected chi connectivity index (χ3v) is 4.16. The molecule has 21 heavy (non-hydrogen) atoms. The molecule has 2 atom stereocenters. The van der Waals surface area contributed by atoms with Crippen molar-refractivity contribution in [2.45, 2.75) is 38.3 Å². The van der Waals surface area contributed by atoms with E-state index in [1.807, 2.05) is 25.1 Å². The number of carboxylic acids is 1. The van der Waals surface area contributed by atoms with Gasteiger partial charge in [0.2, 0.25) is 5.91 Å². The zero-order valence-corrected chi connectivity index (χ0v) is 12.5. The fourth-order valence-corrected chi connectivity index (χ4v) is 2.71. The number of β-amino-alcohol motifs (C(OH)–C–C–N with tert-alkyl or cyclic N) is 1. The predicted octanol–water partition coefficient (Wildman–Crippen LogP) is 1.63. The normalized spacial score (nSPS) is 21.6. The molecule has 1 saturated heterocycles. The van der Waals surface area contributed by atoms with Crippen molar-refractivity contribution in [3.05, 3.63) is 34.3 Å². The van der Waals surface area contributed by atoms with Crippen LogP contribution < -0.4 is 0 Å². The molecule has 6 heteroatoms. The molecule has 0 bridgehead atoms. The van der Waals surface area contributed by atoms with Gasteiger partial charge in [0.25, 0.3) is 0 Å². The Morgan fingerprint density at radius 3 is 2.76 bits per heavy atom. The highest BCUT2D eigenvalue weighted by molar-refractivity contribution is 6.31. The number of benzene rings is 1. The number of carbonyl (C=O) groups excluding carboxylic acids is 1. The first-order chi connectivity index (χ1) is 9.88. The van der Waals surface area contributed by atoms with Gasteiger partial charge in [0.15, 0.2) is 0 Å². The summed E-state index contributed by atoms with van der Waals surface area (Å²) >= 11 is 6.03. The van der Waals surface area contributed by atoms with Crippen LogP contribution in [-0.2, 0) is 16.0 Å². The van der Waals surface area contributed by atoms with Crippen LogP contribution in [0.4, 0.5) is 0 Å². The third kappa shape index (κ3) is 3.74. The number of likely N-dealkylation sites (tertiary alicyclic amines) is 1. The molecule has 2 N–H and O–H groups in total. The molecule has 5 nitrogen and oxygen atoms in total. The first-order valence-corrected chi connectivity index (χ1v) is 7.21. The molecule has 1 aromatic rings. The van der Waals surface area contributed by atoms with Crippen molar-refractivity contribution in [3.8, 4) is 0 Å². The summed E-state index contributed by atoms with van der Waals surface area (Å²) in [6.07, 6.45) is 0.0364. The SMILES string of the molecule is Cc1ccc(CCC(=O)N2C[C@@H](O)C[C@H]2C(=O)O)cc1Cl. The van der Waals surface area contributed by atoms with Gasteiger partial charge in [0.05, 0.1) is 6.10 Å². The Morgan fingerprint density at radius 2 is 2.14 bits per heavy atom. The summed E-state index contributed by atoms with van der Waals surface area (Å²) in [6, 6.07) is 4.69. The van der Waals surface area contributed by atoms with E-state index in [4.69, 9.17) is 16.7 Å². The summed E-state index contributed by atoms with van der Waals surface area (Å²) < 4.78 is 0. The second kappa shape index (κ2) is 6.45. The molecular weight excluding hydrogens is 294 g/mol. The number of aliphatic hydroxyl groups excluding tert-OH is 1. The number of hydrogen-bond acceptors (Lipinski definition) is 3. The Bertz CT molecular complexity index is 561. The Labute approximate surface area is 128 Å². The first kappa shape index (κ1) is 15.8. The van der Waals surface area contributed by atoms with Crippen LogP contribution in [0.5, 0.6) is 0 Å². The molecule has 1 amide bonds. The highest BCUT2D eigenvalue weighted by Crippen LogP contribution is 2.21. The monoisotopic (exact) mass is 311 g/mol. The molecule has 1 aliphatic rings. The number of nitrogens with zero attached hydrogens (tertiary/aromatic N) is 1. The lowest BCUT2D eigenvalue weighted by molar-refractivity contribution is -0.148. The maximum atomic E-state index is 12.1. The highest BCUT2D eigenvalue weighted by Gasteiger charge is 2.38. The van der Waals surface area contributed by atoms with Gasteiger partial charge >= 0.3 is 5.97 Å². The molecule has 0 unspecified atom stereocenters. The van der Waals surface area contributed by atoms with Gasteiger partial charge in [-0.05, 0) is 30.5 Å². The van der Waals surface area contributed by atoms with E-state index in [0.29, 0.717) is 11.4 Å². The van der Waals surface area contributed by atoms with Gasteiger partial charge in [-0.2, -0.15) is 0 Å². The molecule has 1 fully saturated rings. The maximum absolute atomic E-state index is 12.1. The van der Waals surface area contributed by atoms with Crippen LogP contribution in [0, 0.1) is 6.92 Å². The summed E-state index contributed by atoms with van der Waals surface area (Å²) in [6.45, 7) is 1.99. The summed E-state index contributed by atoms with van der Waals surface area (Å²) in [7, 11) is 0. The minimum absolute atomic E-state index is 0.0878. The molecule has 0 aliphatic carbocycles. The molecule has 0 spiro atoms. The second-order valence-corrected chi connectivity index (χ2v) is 5.78. The molecule has 0 radical (unpaired) electrons. The maximum Gasteiger partial charge on any atom is 0.326 e. The third-order valence-electron chi connectivity index (χ3n) is 3.75. The number of halogens is 1. The van der Waals surface area contributed by atoms with Crippen molar-refractivity contribution in [2.24, 2.45) is 0 Å². The van der Waals surface area contributed by atoms with Gasteiger partial charge in [0.1, 0.15) is 6.04 Å². The van der Waals surface area contributed by atoms with Crippen molar-refractivity contribution in [1.82, 2.24) is 4.90 Å². The average Bonchev–Trinajstić information content (AvgIpc) is 2.82. The van der Waals surface area contributed by atoms with Crippen LogP contribution in [0.25, 0.3) is 0 Å². The Hall–Kier alpha value is -1.59. The lowest BCUT2D eigenvalue weighted by atomic mass is 10.1. The Morgan fingerprint density at radius 1 is 1.43 bits per heavy atom. The van der Waals surface area contributed by atoms with E-state index in [0.717, 1.165) is 11.1 Å². The minimum Gasteiger partial charge on any atom is -0.480 e. The summed E-state index contributed by atoms with van der Waals surface area (Å²) in [4.78, 5) is 24.5. The number of amides is 1. The van der Waals surface area contributed by atoms with Crippen molar-refractivity contribution in [1.29, 1.82) is 0 Å². The molecule has 1 heterocycles. The predicted molar refractivity (Wildman–Crippen MR) is 78.3 cm³/mol. The van der Waals surface area contributed by atoms with E-state index in [2.05, 4.69) is 0 Å². The lowest BCUT2D eigenvalue weighted by Crippen LogP contribution is -2.40. The molecule has 2 rings (SSSR count). The molecule has 1 aromatic carbocycles. The summed E-state index contributed by atoms with van der Waals surface area (Å²) in [5, 5.41) is 19.3. The van der Waals surface area contributed by atoms with Crippen LogP contribution in [0.15, 0.2) is 18.2 Å². The van der Waals surface area contributed by atoms with E-state index in [9.17, 15) is 14.7 Å². The number of aliphatic hydroxyl groups is 1. The van der Waals surface area contributed by atoms with Crippen LogP contribution >= 0.6 is 11.6 Å². The van der Waals surface area contributed by atoms with Gasteiger partial charge in [0, 0.05) is 24.4 Å². The van der Waals surface area contributed by atoms with Crippen LogP contribution in [0.2, 0.25) is 5.02 Å². The number of aryl methyl sites for hydroxylation is 2. The van der Waals surface area contributed by atoms with Gasteiger partial charge in [-0.15, -0.1) is 0 Å².